The van der Waals surface area contributed by atoms with Crippen LogP contribution in [0.1, 0.15) is 53.4 Å². The van der Waals surface area contributed by atoms with Gasteiger partial charge >= 0.3 is 0 Å². The average Bonchev–Trinajstić information content (AvgIpc) is 3.42. The molecule has 11 heteroatoms. The standard InChI is InChI=1S/C36H38O11/c1-39-24-18-23(20-15-11-8-12-16-20)46-33-26(24)28(38)34(42-4)36(44-6)35(33,43-5)27-29(47-36)25-21(37)17-22(19-13-9-7-10-14-19)45-30(25)32(41-3)31(27)40-2/h7-16,21-24,34,37H,17-18H2,1-6H3/t21-,22+,23+,24-,34+,35-,36-/m1/s1. The second-order valence-corrected chi connectivity index (χ2v) is 11.8. The second-order valence-electron chi connectivity index (χ2n) is 11.8. The number of Topliss-reactive ketones (excluding diaryl/α,β-unsaturated/α-hetero) is 1. The number of methoxy groups -OCH3 is 6. The minimum atomic E-state index is -1.98. The summed E-state index contributed by atoms with van der Waals surface area (Å²) in [4.78, 5) is 14.5. The van der Waals surface area contributed by atoms with Crippen molar-refractivity contribution in [2.75, 3.05) is 42.7 Å². The Bertz CT molecular complexity index is 1710. The summed E-state index contributed by atoms with van der Waals surface area (Å²) in [6, 6.07) is 19.3. The maximum atomic E-state index is 14.5. The molecule has 0 aromatic heterocycles. The van der Waals surface area contributed by atoms with Crippen LogP contribution in [-0.4, -0.2) is 71.5 Å². The van der Waals surface area contributed by atoms with Crippen molar-refractivity contribution in [2.45, 2.75) is 54.7 Å². The van der Waals surface area contributed by atoms with Crippen molar-refractivity contribution in [1.29, 1.82) is 0 Å². The van der Waals surface area contributed by atoms with Crippen molar-refractivity contribution in [3.05, 3.63) is 94.2 Å². The van der Waals surface area contributed by atoms with Crippen LogP contribution in [0.3, 0.4) is 0 Å². The molecule has 11 nitrogen and oxygen atoms in total. The molecule has 0 saturated heterocycles. The molecule has 4 aliphatic rings. The van der Waals surface area contributed by atoms with Gasteiger partial charge in [0.05, 0.1) is 43.1 Å². The van der Waals surface area contributed by atoms with E-state index < -0.39 is 47.7 Å². The molecule has 47 heavy (non-hydrogen) atoms. The highest BCUT2D eigenvalue weighted by Gasteiger charge is 2.77. The molecule has 3 aliphatic heterocycles. The van der Waals surface area contributed by atoms with Crippen molar-refractivity contribution < 1.29 is 52.5 Å². The van der Waals surface area contributed by atoms with Crippen molar-refractivity contribution in [3.8, 4) is 23.0 Å². The normalized spacial score (nSPS) is 30.6. The van der Waals surface area contributed by atoms with Crippen LogP contribution in [0.5, 0.6) is 23.0 Å². The van der Waals surface area contributed by atoms with Gasteiger partial charge in [-0.3, -0.25) is 4.79 Å². The van der Waals surface area contributed by atoms with Gasteiger partial charge in [0.25, 0.3) is 5.79 Å². The number of ether oxygens (including phenoxy) is 9. The smallest absolute Gasteiger partial charge is 0.285 e. The zero-order valence-electron chi connectivity index (χ0n) is 27.1. The van der Waals surface area contributed by atoms with Gasteiger partial charge in [0.2, 0.25) is 17.1 Å². The van der Waals surface area contributed by atoms with Crippen LogP contribution in [0.4, 0.5) is 0 Å². The monoisotopic (exact) mass is 646 g/mol. The molecule has 0 amide bonds. The lowest BCUT2D eigenvalue weighted by Crippen LogP contribution is -2.69. The van der Waals surface area contributed by atoms with E-state index in [2.05, 4.69) is 0 Å². The highest BCUT2D eigenvalue weighted by molar-refractivity contribution is 6.03. The molecule has 0 unspecified atom stereocenters. The molecule has 1 N–H and O–H groups in total. The molecule has 3 aromatic rings. The van der Waals surface area contributed by atoms with Crippen molar-refractivity contribution in [3.63, 3.8) is 0 Å². The van der Waals surface area contributed by atoms with Gasteiger partial charge in [-0.2, -0.15) is 0 Å². The second kappa shape index (κ2) is 11.8. The Kier molecular flexibility index (Phi) is 7.92. The number of aliphatic hydroxyl groups excluding tert-OH is 1. The van der Waals surface area contributed by atoms with E-state index in [1.807, 2.05) is 60.7 Å². The molecule has 248 valence electrons. The molecule has 3 aromatic carbocycles. The molecular formula is C36H38O11. The number of benzene rings is 3. The summed E-state index contributed by atoms with van der Waals surface area (Å²) in [7, 11) is 8.80. The number of hydrogen-bond donors (Lipinski definition) is 1. The maximum Gasteiger partial charge on any atom is 0.285 e. The molecule has 0 bridgehead atoms. The molecule has 0 fully saturated rings. The van der Waals surface area contributed by atoms with Crippen LogP contribution in [0.2, 0.25) is 0 Å². The van der Waals surface area contributed by atoms with E-state index in [4.69, 9.17) is 42.6 Å². The predicted molar refractivity (Wildman–Crippen MR) is 167 cm³/mol. The topological polar surface area (TPSA) is 120 Å². The zero-order chi connectivity index (χ0) is 33.1. The van der Waals surface area contributed by atoms with Crippen LogP contribution in [-0.2, 0) is 34.1 Å². The molecular weight excluding hydrogens is 608 g/mol. The van der Waals surface area contributed by atoms with Gasteiger partial charge in [-0.1, -0.05) is 60.7 Å². The molecule has 7 atom stereocenters. The first-order valence-electron chi connectivity index (χ1n) is 15.4. The largest absolute Gasteiger partial charge is 0.492 e. The molecule has 1 aliphatic carbocycles. The molecule has 0 spiro atoms. The van der Waals surface area contributed by atoms with Crippen molar-refractivity contribution in [2.24, 2.45) is 0 Å². The summed E-state index contributed by atoms with van der Waals surface area (Å²) in [5.41, 5.74) is 0.776. The fraction of sp³-hybridized carbons (Fsp3) is 0.417. The maximum absolute atomic E-state index is 14.5. The van der Waals surface area contributed by atoms with Gasteiger partial charge in [-0.15, -0.1) is 0 Å². The first-order valence-corrected chi connectivity index (χ1v) is 15.4. The van der Waals surface area contributed by atoms with Gasteiger partial charge in [0.15, 0.2) is 23.4 Å². The van der Waals surface area contributed by atoms with Crippen LogP contribution < -0.4 is 18.9 Å². The van der Waals surface area contributed by atoms with Gasteiger partial charge in [0, 0.05) is 41.3 Å². The van der Waals surface area contributed by atoms with E-state index in [1.54, 1.807) is 7.11 Å². The predicted octanol–water partition coefficient (Wildman–Crippen LogP) is 4.87. The Balaban J connectivity index is 1.53. The summed E-state index contributed by atoms with van der Waals surface area (Å²) < 4.78 is 56.9. The Labute approximate surface area is 272 Å². The summed E-state index contributed by atoms with van der Waals surface area (Å²) in [6.07, 6.45) is -3.58. The summed E-state index contributed by atoms with van der Waals surface area (Å²) in [6.45, 7) is 0. The third-order valence-electron chi connectivity index (χ3n) is 9.79. The molecule has 7 rings (SSSR count). The van der Waals surface area contributed by atoms with Crippen LogP contribution >= 0.6 is 0 Å². The van der Waals surface area contributed by atoms with E-state index in [9.17, 15) is 9.90 Å². The summed E-state index contributed by atoms with van der Waals surface area (Å²) in [5, 5.41) is 11.9. The molecule has 3 heterocycles. The number of aliphatic hydroxyl groups is 1. The lowest BCUT2D eigenvalue weighted by molar-refractivity contribution is -0.310. The van der Waals surface area contributed by atoms with E-state index in [0.29, 0.717) is 17.5 Å². The van der Waals surface area contributed by atoms with Crippen LogP contribution in [0.15, 0.2) is 72.0 Å². The van der Waals surface area contributed by atoms with E-state index in [-0.39, 0.29) is 40.8 Å². The number of hydrogen-bond acceptors (Lipinski definition) is 11. The quantitative estimate of drug-likeness (QED) is 0.361. The first kappa shape index (κ1) is 31.5. The Morgan fingerprint density at radius 2 is 1.36 bits per heavy atom. The molecule has 0 radical (unpaired) electrons. The van der Waals surface area contributed by atoms with Gasteiger partial charge < -0.3 is 47.7 Å². The van der Waals surface area contributed by atoms with Crippen molar-refractivity contribution >= 4 is 5.78 Å². The van der Waals surface area contributed by atoms with Gasteiger partial charge in [-0.25, -0.2) is 0 Å². The fourth-order valence-electron chi connectivity index (χ4n) is 7.74. The number of rotatable bonds is 8. The van der Waals surface area contributed by atoms with E-state index >= 15 is 0 Å². The first-order chi connectivity index (χ1) is 22.8. The Morgan fingerprint density at radius 1 is 0.745 bits per heavy atom. The minimum Gasteiger partial charge on any atom is -0.492 e. The SMILES string of the molecule is COc1c2c(c3c(c1OC)[C@@]1(OC)C4=C(C(=O)[C@H](OC)[C@@]1(OC)O3)[C@H](OC)C[C@@H](c1ccccc1)O4)[C@H](O)C[C@@H](c1ccccc1)O2. The number of carbonyl (C=O) groups is 1. The Hall–Kier alpha value is -4.13. The zero-order valence-corrected chi connectivity index (χ0v) is 27.1. The highest BCUT2D eigenvalue weighted by atomic mass is 16.8. The van der Waals surface area contributed by atoms with E-state index in [0.717, 1.165) is 11.1 Å². The molecule has 0 saturated carbocycles. The fourth-order valence-corrected chi connectivity index (χ4v) is 7.74. The lowest BCUT2D eigenvalue weighted by Gasteiger charge is -2.51. The van der Waals surface area contributed by atoms with Crippen LogP contribution in [0, 0.1) is 0 Å². The van der Waals surface area contributed by atoms with Gasteiger partial charge in [-0.05, 0) is 11.1 Å². The average molecular weight is 647 g/mol. The van der Waals surface area contributed by atoms with E-state index in [1.165, 1.54) is 35.5 Å². The third kappa shape index (κ3) is 4.20. The summed E-state index contributed by atoms with van der Waals surface area (Å²) in [5.74, 6) is -1.48. The lowest BCUT2D eigenvalue weighted by atomic mass is 9.70. The summed E-state index contributed by atoms with van der Waals surface area (Å²) >= 11 is 0. The minimum absolute atomic E-state index is 0.138. The van der Waals surface area contributed by atoms with Crippen LogP contribution in [0.25, 0.3) is 0 Å². The van der Waals surface area contributed by atoms with Gasteiger partial charge in [0.1, 0.15) is 18.0 Å². The third-order valence-corrected chi connectivity index (χ3v) is 9.79. The highest BCUT2D eigenvalue weighted by Crippen LogP contribution is 2.69. The number of ketones is 1. The Morgan fingerprint density at radius 3 is 1.89 bits per heavy atom. The number of carbonyl (C=O) groups excluding carboxylic acids is 1. The van der Waals surface area contributed by atoms with Crippen molar-refractivity contribution in [1.82, 2.24) is 0 Å². The number of fused-ring (bicyclic) bond motifs is 6.